The van der Waals surface area contributed by atoms with E-state index in [-0.39, 0.29) is 35.2 Å². The number of likely N-dealkylation sites (tertiary alicyclic amines) is 1. The van der Waals surface area contributed by atoms with Gasteiger partial charge < -0.3 is 25.2 Å². The Hall–Kier alpha value is -3.60. The largest absolute Gasteiger partial charge is 0.473 e. The summed E-state index contributed by atoms with van der Waals surface area (Å²) in [4.78, 5) is 53.0. The smallest absolute Gasteiger partial charge is 0.471 e. The molecule has 2 heterocycles. The molecule has 0 unspecified atom stereocenters. The lowest BCUT2D eigenvalue weighted by Gasteiger charge is -2.36. The van der Waals surface area contributed by atoms with Gasteiger partial charge in [0.25, 0.3) is 5.91 Å². The Bertz CT molecular complexity index is 1240. The molecule has 1 spiro atoms. The van der Waals surface area contributed by atoms with Crippen LogP contribution in [0.3, 0.4) is 0 Å². The summed E-state index contributed by atoms with van der Waals surface area (Å²) in [5.41, 5.74) is -2.01. The first kappa shape index (κ1) is 29.9. The second kappa shape index (κ2) is 10.9. The molecule has 0 bridgehead atoms. The third-order valence-electron chi connectivity index (χ3n) is 6.50. The van der Waals surface area contributed by atoms with Crippen LogP contribution in [-0.2, 0) is 19.2 Å². The van der Waals surface area contributed by atoms with Gasteiger partial charge in [-0.1, -0.05) is 25.4 Å². The SMILES string of the molecule is CC(C)C[C@@H](C(=O)N1C[C@@]2(C[C@H]1C#N)Oc1cc(Cl)cc(F)c1NC2=O)N(C)C(=O)[C@H](C)NC(=O)C(F)(F)F. The molecule has 39 heavy (non-hydrogen) atoms. The first-order valence-corrected chi connectivity index (χ1v) is 12.2. The number of nitrogens with zero attached hydrogens (tertiary/aromatic N) is 3. The first-order chi connectivity index (χ1) is 18.0. The summed E-state index contributed by atoms with van der Waals surface area (Å²) in [6, 6.07) is 0.134. The number of carbonyl (C=O) groups is 4. The van der Waals surface area contributed by atoms with Crippen LogP contribution in [0.4, 0.5) is 23.2 Å². The minimum absolute atomic E-state index is 0.0100. The van der Waals surface area contributed by atoms with Gasteiger partial charge in [-0.15, -0.1) is 0 Å². The number of rotatable bonds is 6. The number of nitriles is 1. The molecule has 2 aliphatic rings. The number of hydrogen-bond acceptors (Lipinski definition) is 6. The van der Waals surface area contributed by atoms with Gasteiger partial charge in [-0.2, -0.15) is 18.4 Å². The molecule has 1 fully saturated rings. The molecule has 0 saturated carbocycles. The number of carbonyl (C=O) groups excluding carboxylic acids is 4. The Morgan fingerprint density at radius 3 is 2.54 bits per heavy atom. The second-order valence-corrected chi connectivity index (χ2v) is 10.4. The molecular weight excluding hydrogens is 550 g/mol. The molecule has 212 valence electrons. The van der Waals surface area contributed by atoms with E-state index in [1.54, 1.807) is 19.2 Å². The minimum atomic E-state index is -5.21. The molecule has 10 nitrogen and oxygen atoms in total. The van der Waals surface area contributed by atoms with E-state index in [0.29, 0.717) is 0 Å². The Labute approximate surface area is 226 Å². The fourth-order valence-corrected chi connectivity index (χ4v) is 4.75. The molecular formula is C24H26ClF4N5O5. The Balaban J connectivity index is 1.88. The summed E-state index contributed by atoms with van der Waals surface area (Å²) in [6.07, 6.45) is -5.44. The standard InChI is InChI=1S/C24H26ClF4N5O5/c1-11(2)5-16(33(4)19(35)12(3)31-22(38)24(27,28)29)20(36)34-10-23(8-14(34)9-30)21(37)32-18-15(26)6-13(25)7-17(18)39-23/h6-7,11-12,14,16H,5,8,10H2,1-4H3,(H,31,38)(H,32,37)/t12-,14-,16-,23+/m0/s1. The molecule has 3 rings (SSSR count). The molecule has 4 amide bonds. The lowest BCUT2D eigenvalue weighted by molar-refractivity contribution is -0.175. The number of alkyl halides is 3. The van der Waals surface area contributed by atoms with E-state index >= 15 is 0 Å². The van der Waals surface area contributed by atoms with Gasteiger partial charge in [-0.25, -0.2) is 4.39 Å². The monoisotopic (exact) mass is 575 g/mol. The normalized spacial score (nSPS) is 21.9. The second-order valence-electron chi connectivity index (χ2n) is 9.91. The van der Waals surface area contributed by atoms with E-state index in [4.69, 9.17) is 16.3 Å². The molecule has 0 aliphatic carbocycles. The van der Waals surface area contributed by atoms with Crippen LogP contribution in [0.2, 0.25) is 5.02 Å². The topological polar surface area (TPSA) is 132 Å². The van der Waals surface area contributed by atoms with Crippen LogP contribution in [0.1, 0.15) is 33.6 Å². The van der Waals surface area contributed by atoms with Crippen molar-refractivity contribution in [1.29, 1.82) is 5.26 Å². The summed E-state index contributed by atoms with van der Waals surface area (Å²) in [6.45, 7) is 4.10. The number of anilines is 1. The Morgan fingerprint density at radius 1 is 1.33 bits per heavy atom. The molecule has 15 heteroatoms. The highest BCUT2D eigenvalue weighted by Gasteiger charge is 2.56. The average molecular weight is 576 g/mol. The quantitative estimate of drug-likeness (QED) is 0.501. The summed E-state index contributed by atoms with van der Waals surface area (Å²) in [5, 5.41) is 13.7. The van der Waals surface area contributed by atoms with Crippen LogP contribution in [0.25, 0.3) is 0 Å². The van der Waals surface area contributed by atoms with Crippen LogP contribution in [0.5, 0.6) is 5.75 Å². The minimum Gasteiger partial charge on any atom is -0.473 e. The maximum Gasteiger partial charge on any atom is 0.471 e. The van der Waals surface area contributed by atoms with E-state index in [2.05, 4.69) is 5.32 Å². The highest BCUT2D eigenvalue weighted by Crippen LogP contribution is 2.43. The lowest BCUT2D eigenvalue weighted by Crippen LogP contribution is -2.57. The molecule has 2 aliphatic heterocycles. The van der Waals surface area contributed by atoms with E-state index < -0.39 is 65.9 Å². The maximum absolute atomic E-state index is 14.3. The van der Waals surface area contributed by atoms with Gasteiger partial charge in [0.15, 0.2) is 5.82 Å². The number of benzene rings is 1. The van der Waals surface area contributed by atoms with Crippen molar-refractivity contribution in [2.75, 3.05) is 18.9 Å². The van der Waals surface area contributed by atoms with Gasteiger partial charge in [0.1, 0.15) is 29.6 Å². The van der Waals surface area contributed by atoms with Crippen molar-refractivity contribution in [2.45, 2.75) is 63.5 Å². The number of nitrogens with one attached hydrogen (secondary N) is 2. The lowest BCUT2D eigenvalue weighted by atomic mass is 9.97. The zero-order chi connectivity index (χ0) is 29.4. The van der Waals surface area contributed by atoms with Crippen LogP contribution >= 0.6 is 11.6 Å². The van der Waals surface area contributed by atoms with Crippen LogP contribution in [0, 0.1) is 23.1 Å². The molecule has 1 aromatic carbocycles. The van der Waals surface area contributed by atoms with Crippen LogP contribution in [-0.4, -0.2) is 76.9 Å². The number of amides is 4. The van der Waals surface area contributed by atoms with Crippen molar-refractivity contribution in [2.24, 2.45) is 5.92 Å². The Morgan fingerprint density at radius 2 is 1.97 bits per heavy atom. The number of ether oxygens (including phenoxy) is 1. The highest BCUT2D eigenvalue weighted by atomic mass is 35.5. The van der Waals surface area contributed by atoms with Crippen molar-refractivity contribution in [3.05, 3.63) is 23.0 Å². The van der Waals surface area contributed by atoms with Crippen LogP contribution in [0.15, 0.2) is 12.1 Å². The summed E-state index contributed by atoms with van der Waals surface area (Å²) < 4.78 is 58.1. The summed E-state index contributed by atoms with van der Waals surface area (Å²) >= 11 is 5.91. The van der Waals surface area contributed by atoms with Crippen LogP contribution < -0.4 is 15.4 Å². The van der Waals surface area contributed by atoms with Gasteiger partial charge in [0.2, 0.25) is 17.4 Å². The molecule has 0 aromatic heterocycles. The maximum atomic E-state index is 14.3. The number of likely N-dealkylation sites (N-methyl/N-ethyl adjacent to an activating group) is 1. The van der Waals surface area contributed by atoms with Crippen molar-refractivity contribution in [3.63, 3.8) is 0 Å². The number of hydrogen-bond donors (Lipinski definition) is 2. The van der Waals surface area contributed by atoms with E-state index in [1.165, 1.54) is 13.1 Å². The van der Waals surface area contributed by atoms with Crippen molar-refractivity contribution in [3.8, 4) is 11.8 Å². The highest BCUT2D eigenvalue weighted by molar-refractivity contribution is 6.31. The summed E-state index contributed by atoms with van der Waals surface area (Å²) in [7, 11) is 1.20. The molecule has 4 atom stereocenters. The van der Waals surface area contributed by atoms with Crippen molar-refractivity contribution in [1.82, 2.24) is 15.1 Å². The Kier molecular flexibility index (Phi) is 8.35. The zero-order valence-electron chi connectivity index (χ0n) is 21.4. The number of halogens is 5. The molecule has 0 radical (unpaired) electrons. The van der Waals surface area contributed by atoms with Gasteiger partial charge >= 0.3 is 12.1 Å². The van der Waals surface area contributed by atoms with Crippen molar-refractivity contribution >= 4 is 40.9 Å². The third kappa shape index (κ3) is 6.03. The average Bonchev–Trinajstić information content (AvgIpc) is 3.21. The number of fused-ring (bicyclic) bond motifs is 1. The van der Waals surface area contributed by atoms with Gasteiger partial charge in [-0.3, -0.25) is 19.2 Å². The van der Waals surface area contributed by atoms with Gasteiger partial charge in [0.05, 0.1) is 12.6 Å². The predicted molar refractivity (Wildman–Crippen MR) is 129 cm³/mol. The third-order valence-corrected chi connectivity index (χ3v) is 6.72. The first-order valence-electron chi connectivity index (χ1n) is 11.8. The fourth-order valence-electron chi connectivity index (χ4n) is 4.56. The van der Waals surface area contributed by atoms with Gasteiger partial charge in [-0.05, 0) is 25.3 Å². The zero-order valence-corrected chi connectivity index (χ0v) is 22.1. The van der Waals surface area contributed by atoms with E-state index in [9.17, 15) is 42.0 Å². The van der Waals surface area contributed by atoms with E-state index in [0.717, 1.165) is 22.8 Å². The predicted octanol–water partition coefficient (Wildman–Crippen LogP) is 2.61. The molecule has 1 aromatic rings. The van der Waals surface area contributed by atoms with E-state index in [1.807, 2.05) is 6.07 Å². The van der Waals surface area contributed by atoms with Gasteiger partial charge in [0, 0.05) is 24.6 Å². The fraction of sp³-hybridized carbons (Fsp3) is 0.542. The molecule has 2 N–H and O–H groups in total. The summed E-state index contributed by atoms with van der Waals surface area (Å²) in [5.74, 6) is -5.95. The molecule has 1 saturated heterocycles. The van der Waals surface area contributed by atoms with Crippen molar-refractivity contribution < 1.29 is 41.5 Å².